The molecule has 62 valence electrons. The summed E-state index contributed by atoms with van der Waals surface area (Å²) in [5.41, 5.74) is 0. The largest absolute Gasteiger partial charge is 0.341 e. The van der Waals surface area contributed by atoms with Gasteiger partial charge in [0.05, 0.1) is 12.6 Å². The van der Waals surface area contributed by atoms with E-state index in [4.69, 9.17) is 4.84 Å². The molecule has 11 heavy (non-hydrogen) atoms. The molecule has 1 aliphatic heterocycles. The van der Waals surface area contributed by atoms with Crippen LogP contribution in [0.3, 0.4) is 0 Å². The van der Waals surface area contributed by atoms with Crippen molar-refractivity contribution in [2.24, 2.45) is 0 Å². The highest BCUT2D eigenvalue weighted by atomic mass is 16.7. The number of rotatable bonds is 3. The van der Waals surface area contributed by atoms with Crippen LogP contribution in [-0.4, -0.2) is 30.3 Å². The summed E-state index contributed by atoms with van der Waals surface area (Å²) in [4.78, 5) is 16.0. The fourth-order valence-corrected chi connectivity index (χ4v) is 0.915. The first kappa shape index (κ1) is 8.07. The predicted molar refractivity (Wildman–Crippen MR) is 40.8 cm³/mol. The van der Waals surface area contributed by atoms with Crippen molar-refractivity contribution in [3.05, 3.63) is 12.7 Å². The van der Waals surface area contributed by atoms with Gasteiger partial charge in [-0.1, -0.05) is 6.08 Å². The van der Waals surface area contributed by atoms with Gasteiger partial charge in [0.15, 0.2) is 0 Å². The zero-order valence-electron chi connectivity index (χ0n) is 6.54. The van der Waals surface area contributed by atoms with Crippen molar-refractivity contribution in [3.8, 4) is 0 Å². The quantitative estimate of drug-likeness (QED) is 0.605. The Kier molecular flexibility index (Phi) is 2.48. The minimum absolute atomic E-state index is 0.113. The van der Waals surface area contributed by atoms with Gasteiger partial charge in [-0.2, -0.15) is 5.06 Å². The van der Waals surface area contributed by atoms with Crippen molar-refractivity contribution >= 4 is 6.03 Å². The normalized spacial score (nSPS) is 23.5. The summed E-state index contributed by atoms with van der Waals surface area (Å²) in [7, 11) is 0. The van der Waals surface area contributed by atoms with Crippen LogP contribution in [0.25, 0.3) is 0 Å². The lowest BCUT2D eigenvalue weighted by Crippen LogP contribution is -2.32. The third-order valence-electron chi connectivity index (χ3n) is 1.48. The van der Waals surface area contributed by atoms with Crippen LogP contribution in [0.1, 0.15) is 6.92 Å². The molecule has 1 saturated heterocycles. The Morgan fingerprint density at radius 1 is 2.00 bits per heavy atom. The Morgan fingerprint density at radius 3 is 3.18 bits per heavy atom. The van der Waals surface area contributed by atoms with E-state index in [1.807, 2.05) is 6.92 Å². The molecule has 0 aromatic heterocycles. The highest BCUT2D eigenvalue weighted by Crippen LogP contribution is 2.05. The van der Waals surface area contributed by atoms with E-state index in [1.165, 1.54) is 5.06 Å². The molecular weight excluding hydrogens is 144 g/mol. The summed E-state index contributed by atoms with van der Waals surface area (Å²) in [6.45, 7) is 6.43. The molecule has 0 aromatic rings. The van der Waals surface area contributed by atoms with Gasteiger partial charge in [0, 0.05) is 6.54 Å². The van der Waals surface area contributed by atoms with Gasteiger partial charge in [0.25, 0.3) is 0 Å². The number of hydrogen-bond acceptors (Lipinski definition) is 2. The predicted octanol–water partition coefficient (Wildman–Crippen LogP) is 0.518. The van der Waals surface area contributed by atoms with Crippen molar-refractivity contribution in [1.29, 1.82) is 0 Å². The molecule has 4 nitrogen and oxygen atoms in total. The molecule has 1 heterocycles. The monoisotopic (exact) mass is 156 g/mol. The lowest BCUT2D eigenvalue weighted by atomic mass is 10.4. The fourth-order valence-electron chi connectivity index (χ4n) is 0.915. The van der Waals surface area contributed by atoms with Gasteiger partial charge in [-0.3, -0.25) is 4.84 Å². The van der Waals surface area contributed by atoms with Crippen LogP contribution >= 0.6 is 0 Å². The van der Waals surface area contributed by atoms with E-state index < -0.39 is 0 Å². The Hall–Kier alpha value is -1.03. The van der Waals surface area contributed by atoms with Crippen LogP contribution in [0.2, 0.25) is 0 Å². The molecule has 0 spiro atoms. The topological polar surface area (TPSA) is 41.6 Å². The highest BCUT2D eigenvalue weighted by Gasteiger charge is 2.27. The fraction of sp³-hybridized carbons (Fsp3) is 0.571. The number of amides is 2. The molecule has 1 aliphatic rings. The van der Waals surface area contributed by atoms with Crippen molar-refractivity contribution in [3.63, 3.8) is 0 Å². The number of hydrogen-bond donors (Lipinski definition) is 1. The average Bonchev–Trinajstić information content (AvgIpc) is 2.29. The SMILES string of the molecule is C=CCON1C(=O)NC[C@H]1C. The van der Waals surface area contributed by atoms with Gasteiger partial charge in [-0.15, -0.1) is 6.58 Å². The molecule has 1 fully saturated rings. The minimum Gasteiger partial charge on any atom is -0.334 e. The number of nitrogens with one attached hydrogen (secondary N) is 1. The highest BCUT2D eigenvalue weighted by molar-refractivity contribution is 5.75. The molecule has 1 atom stereocenters. The lowest BCUT2D eigenvalue weighted by Gasteiger charge is -2.17. The first-order chi connectivity index (χ1) is 5.25. The maximum Gasteiger partial charge on any atom is 0.341 e. The van der Waals surface area contributed by atoms with Crippen molar-refractivity contribution in [2.75, 3.05) is 13.2 Å². The van der Waals surface area contributed by atoms with Crippen LogP contribution in [0.5, 0.6) is 0 Å². The minimum atomic E-state index is -0.167. The van der Waals surface area contributed by atoms with E-state index in [-0.39, 0.29) is 12.1 Å². The van der Waals surface area contributed by atoms with Gasteiger partial charge >= 0.3 is 6.03 Å². The van der Waals surface area contributed by atoms with Crippen LogP contribution < -0.4 is 5.32 Å². The maximum atomic E-state index is 10.9. The number of carbonyl (C=O) groups is 1. The molecule has 0 unspecified atom stereocenters. The van der Waals surface area contributed by atoms with Crippen LogP contribution in [0.4, 0.5) is 4.79 Å². The molecule has 0 aliphatic carbocycles. The zero-order chi connectivity index (χ0) is 8.27. The van der Waals surface area contributed by atoms with E-state index in [9.17, 15) is 4.79 Å². The Morgan fingerprint density at radius 2 is 2.73 bits per heavy atom. The first-order valence-corrected chi connectivity index (χ1v) is 3.56. The van der Waals surface area contributed by atoms with Gasteiger partial charge < -0.3 is 5.32 Å². The Labute approximate surface area is 65.8 Å². The average molecular weight is 156 g/mol. The van der Waals surface area contributed by atoms with Gasteiger partial charge in [-0.05, 0) is 6.92 Å². The van der Waals surface area contributed by atoms with Crippen LogP contribution in [0, 0.1) is 0 Å². The van der Waals surface area contributed by atoms with Gasteiger partial charge in [0.1, 0.15) is 0 Å². The third kappa shape index (κ3) is 1.71. The summed E-state index contributed by atoms with van der Waals surface area (Å²) in [5.74, 6) is 0. The summed E-state index contributed by atoms with van der Waals surface area (Å²) in [6.07, 6.45) is 1.61. The summed E-state index contributed by atoms with van der Waals surface area (Å²) >= 11 is 0. The summed E-state index contributed by atoms with van der Waals surface area (Å²) in [5, 5.41) is 3.99. The van der Waals surface area contributed by atoms with E-state index in [1.54, 1.807) is 6.08 Å². The number of hydroxylamine groups is 2. The van der Waals surface area contributed by atoms with Crippen LogP contribution in [0.15, 0.2) is 12.7 Å². The first-order valence-electron chi connectivity index (χ1n) is 3.56. The Balaban J connectivity index is 2.41. The van der Waals surface area contributed by atoms with Crippen molar-refractivity contribution < 1.29 is 9.63 Å². The van der Waals surface area contributed by atoms with Gasteiger partial charge in [-0.25, -0.2) is 4.79 Å². The molecule has 0 radical (unpaired) electrons. The van der Waals surface area contributed by atoms with Crippen molar-refractivity contribution in [2.45, 2.75) is 13.0 Å². The molecule has 1 N–H and O–H groups in total. The molecule has 0 aromatic carbocycles. The smallest absolute Gasteiger partial charge is 0.334 e. The molecular formula is C7H12N2O2. The van der Waals surface area contributed by atoms with E-state index >= 15 is 0 Å². The molecule has 2 amide bonds. The lowest BCUT2D eigenvalue weighted by molar-refractivity contribution is -0.113. The number of nitrogens with zero attached hydrogens (tertiary/aromatic N) is 1. The van der Waals surface area contributed by atoms with E-state index in [0.717, 1.165) is 0 Å². The second kappa shape index (κ2) is 3.39. The third-order valence-corrected chi connectivity index (χ3v) is 1.48. The molecule has 1 rings (SSSR count). The summed E-state index contributed by atoms with van der Waals surface area (Å²) in [6, 6.07) is -0.0539. The van der Waals surface area contributed by atoms with Crippen LogP contribution in [-0.2, 0) is 4.84 Å². The summed E-state index contributed by atoms with van der Waals surface area (Å²) < 4.78 is 0. The van der Waals surface area contributed by atoms with Gasteiger partial charge in [0.2, 0.25) is 0 Å². The molecule has 4 heteroatoms. The number of carbonyl (C=O) groups excluding carboxylic acids is 1. The van der Waals surface area contributed by atoms with E-state index in [0.29, 0.717) is 13.2 Å². The van der Waals surface area contributed by atoms with E-state index in [2.05, 4.69) is 11.9 Å². The number of urea groups is 1. The molecule has 0 bridgehead atoms. The van der Waals surface area contributed by atoms with Crippen molar-refractivity contribution in [1.82, 2.24) is 10.4 Å². The molecule has 0 saturated carbocycles. The Bertz CT molecular complexity index is 170. The second-order valence-corrected chi connectivity index (χ2v) is 2.45. The zero-order valence-corrected chi connectivity index (χ0v) is 6.54. The maximum absolute atomic E-state index is 10.9. The second-order valence-electron chi connectivity index (χ2n) is 2.45. The standard InChI is InChI=1S/C7H12N2O2/c1-3-4-11-9-6(2)5-8-7(9)10/h3,6H,1,4-5H2,2H3,(H,8,10)/t6-/m1/s1.